The second-order valence-corrected chi connectivity index (χ2v) is 11.4. The molecule has 1 aliphatic rings. The van der Waals surface area contributed by atoms with Crippen molar-refractivity contribution in [2.75, 3.05) is 18.5 Å². The third kappa shape index (κ3) is 6.78. The van der Waals surface area contributed by atoms with Gasteiger partial charge < -0.3 is 24.3 Å². The number of ether oxygens (including phenoxy) is 4. The fourth-order valence-electron chi connectivity index (χ4n) is 5.57. The largest absolute Gasteiger partial charge is 0.457 e. The minimum atomic E-state index is -2.13. The number of hydrogen-bond acceptors (Lipinski definition) is 10. The van der Waals surface area contributed by atoms with Crippen LogP contribution in [-0.4, -0.2) is 58.3 Å². The Morgan fingerprint density at radius 1 is 0.740 bits per heavy atom. The molecule has 1 amide bonds. The lowest BCUT2D eigenvalue weighted by Gasteiger charge is -2.43. The van der Waals surface area contributed by atoms with Gasteiger partial charge in [-0.25, -0.2) is 19.2 Å². The Bertz CT molecular complexity index is 2060. The predicted molar refractivity (Wildman–Crippen MR) is 179 cm³/mol. The zero-order valence-electron chi connectivity index (χ0n) is 26.8. The maximum Gasteiger partial charge on any atom is 0.352 e. The van der Waals surface area contributed by atoms with E-state index in [1.807, 2.05) is 0 Å². The molecule has 1 fully saturated rings. The van der Waals surface area contributed by atoms with E-state index < -0.39 is 53.5 Å². The molecule has 6 rings (SSSR count). The van der Waals surface area contributed by atoms with Gasteiger partial charge in [0.25, 0.3) is 5.91 Å². The number of benzene rings is 4. The number of aromatic nitrogens is 2. The minimum Gasteiger partial charge on any atom is -0.457 e. The molecule has 4 aromatic carbocycles. The van der Waals surface area contributed by atoms with Gasteiger partial charge in [0.15, 0.2) is 11.7 Å². The molecule has 2 heterocycles. The van der Waals surface area contributed by atoms with Crippen molar-refractivity contribution in [1.82, 2.24) is 9.55 Å². The number of amides is 1. The van der Waals surface area contributed by atoms with E-state index in [0.717, 1.165) is 4.57 Å². The Balaban J connectivity index is 1.42. The van der Waals surface area contributed by atoms with E-state index in [1.165, 1.54) is 31.3 Å². The first-order chi connectivity index (χ1) is 24.2. The van der Waals surface area contributed by atoms with E-state index in [1.54, 1.807) is 109 Å². The topological polar surface area (TPSA) is 152 Å². The molecule has 3 atom stereocenters. The molecule has 252 valence electrons. The predicted octanol–water partition coefficient (Wildman–Crippen LogP) is 4.88. The van der Waals surface area contributed by atoms with Gasteiger partial charge in [-0.3, -0.25) is 9.36 Å². The second kappa shape index (κ2) is 14.4. The molecule has 12 nitrogen and oxygen atoms in total. The summed E-state index contributed by atoms with van der Waals surface area (Å²) < 4.78 is 25.1. The van der Waals surface area contributed by atoms with E-state index in [2.05, 4.69) is 10.3 Å². The van der Waals surface area contributed by atoms with E-state index in [0.29, 0.717) is 5.56 Å². The number of nitrogens with one attached hydrogen (secondary N) is 1. The smallest absolute Gasteiger partial charge is 0.352 e. The second-order valence-electron chi connectivity index (χ2n) is 11.4. The number of esters is 3. The van der Waals surface area contributed by atoms with Crippen LogP contribution in [0.2, 0.25) is 0 Å². The molecule has 2 unspecified atom stereocenters. The van der Waals surface area contributed by atoms with Crippen LogP contribution >= 0.6 is 0 Å². The van der Waals surface area contributed by atoms with Gasteiger partial charge in [0.05, 0.1) is 23.3 Å². The van der Waals surface area contributed by atoms with Crippen molar-refractivity contribution in [3.8, 4) is 0 Å². The third-order valence-corrected chi connectivity index (χ3v) is 8.32. The fraction of sp³-hybridized carbons (Fsp3) is 0.158. The molecular formula is C38H31N3O9. The van der Waals surface area contributed by atoms with Crippen LogP contribution in [0.1, 0.15) is 48.4 Å². The number of anilines is 1. The average Bonchev–Trinajstić information content (AvgIpc) is 3.42. The molecule has 1 saturated heterocycles. The summed E-state index contributed by atoms with van der Waals surface area (Å²) >= 11 is 0. The lowest BCUT2D eigenvalue weighted by Crippen LogP contribution is -2.63. The summed E-state index contributed by atoms with van der Waals surface area (Å²) in [4.78, 5) is 71.1. The molecule has 0 saturated carbocycles. The molecular weight excluding hydrogens is 642 g/mol. The Hall–Kier alpha value is -6.40. The molecule has 0 radical (unpaired) electrons. The molecule has 50 heavy (non-hydrogen) atoms. The molecule has 1 aliphatic heterocycles. The molecule has 12 heteroatoms. The van der Waals surface area contributed by atoms with Crippen molar-refractivity contribution in [3.05, 3.63) is 166 Å². The van der Waals surface area contributed by atoms with Gasteiger partial charge in [-0.2, -0.15) is 4.98 Å². The van der Waals surface area contributed by atoms with E-state index >= 15 is 0 Å². The summed E-state index contributed by atoms with van der Waals surface area (Å²) in [5, 5.41) is 2.58. The highest BCUT2D eigenvalue weighted by Gasteiger charge is 2.67. The zero-order chi connectivity index (χ0) is 35.1. The van der Waals surface area contributed by atoms with Crippen molar-refractivity contribution in [2.45, 2.75) is 24.4 Å². The van der Waals surface area contributed by atoms with E-state index in [9.17, 15) is 24.0 Å². The highest BCUT2D eigenvalue weighted by molar-refractivity contribution is 6.03. The highest BCUT2D eigenvalue weighted by atomic mass is 16.7. The number of carbonyl (C=O) groups excluding carboxylic acids is 4. The quantitative estimate of drug-likeness (QED) is 0.160. The van der Waals surface area contributed by atoms with Crippen LogP contribution in [0.4, 0.5) is 5.82 Å². The number of rotatable bonds is 10. The molecule has 0 bridgehead atoms. The first kappa shape index (κ1) is 33.5. The lowest BCUT2D eigenvalue weighted by molar-refractivity contribution is -0.203. The third-order valence-electron chi connectivity index (χ3n) is 8.32. The Kier molecular flexibility index (Phi) is 9.63. The van der Waals surface area contributed by atoms with Gasteiger partial charge >= 0.3 is 23.6 Å². The van der Waals surface area contributed by atoms with Crippen LogP contribution < -0.4 is 11.0 Å². The van der Waals surface area contributed by atoms with Gasteiger partial charge in [0.1, 0.15) is 12.4 Å². The van der Waals surface area contributed by atoms with Crippen molar-refractivity contribution in [3.63, 3.8) is 0 Å². The van der Waals surface area contributed by atoms with Crippen molar-refractivity contribution in [2.24, 2.45) is 0 Å². The van der Waals surface area contributed by atoms with E-state index in [-0.39, 0.29) is 29.1 Å². The minimum absolute atomic E-state index is 0.0791. The van der Waals surface area contributed by atoms with Crippen LogP contribution in [0.3, 0.4) is 0 Å². The Morgan fingerprint density at radius 2 is 1.24 bits per heavy atom. The molecule has 1 N–H and O–H groups in total. The summed E-state index contributed by atoms with van der Waals surface area (Å²) in [5.74, 6) is -2.92. The average molecular weight is 674 g/mol. The van der Waals surface area contributed by atoms with Crippen LogP contribution in [0, 0.1) is 0 Å². The summed E-state index contributed by atoms with van der Waals surface area (Å²) in [5.41, 5.74) is -4.17. The molecule has 1 aromatic heterocycles. The standard InChI is InChI=1S/C38H31N3O9/c1-37(50-35(45)29-20-12-5-13-21-29)30(49-34(44)28-18-10-4-11-19-28)24-48-38(37,25-47-33(43)27-16-8-3-9-17-27)41-23-22-31(40-36(41)46)39-32(42)26-14-6-2-7-15-26/h2-23,30H,24-25H2,1H3,(H,39,40,42,46)/t30?,37-,38?/m0/s1. The van der Waals surface area contributed by atoms with Crippen LogP contribution in [0.15, 0.2) is 138 Å². The monoisotopic (exact) mass is 673 g/mol. The summed E-state index contributed by atoms with van der Waals surface area (Å²) in [6, 6.07) is 34.0. The van der Waals surface area contributed by atoms with Gasteiger partial charge in [-0.1, -0.05) is 72.8 Å². The molecule has 0 spiro atoms. The van der Waals surface area contributed by atoms with Gasteiger partial charge in [-0.05, 0) is 61.5 Å². The first-order valence-corrected chi connectivity index (χ1v) is 15.6. The van der Waals surface area contributed by atoms with E-state index in [4.69, 9.17) is 18.9 Å². The normalized spacial score (nSPS) is 19.6. The maximum absolute atomic E-state index is 13.9. The van der Waals surface area contributed by atoms with Gasteiger partial charge in [-0.15, -0.1) is 0 Å². The van der Waals surface area contributed by atoms with Crippen LogP contribution in [0.5, 0.6) is 0 Å². The van der Waals surface area contributed by atoms with Gasteiger partial charge in [0.2, 0.25) is 5.72 Å². The van der Waals surface area contributed by atoms with Gasteiger partial charge in [0, 0.05) is 11.8 Å². The summed E-state index contributed by atoms with van der Waals surface area (Å²) in [7, 11) is 0. The molecule has 0 aliphatic carbocycles. The highest BCUT2D eigenvalue weighted by Crippen LogP contribution is 2.45. The fourth-order valence-corrected chi connectivity index (χ4v) is 5.57. The van der Waals surface area contributed by atoms with Crippen LogP contribution in [0.25, 0.3) is 0 Å². The summed E-state index contributed by atoms with van der Waals surface area (Å²) in [6.45, 7) is 0.368. The Labute approximate surface area is 286 Å². The number of nitrogens with zero attached hydrogens (tertiary/aromatic N) is 2. The van der Waals surface area contributed by atoms with Crippen molar-refractivity contribution in [1.29, 1.82) is 0 Å². The molecule has 5 aromatic rings. The SMILES string of the molecule is C[C@]1(OC(=O)c2ccccc2)C(OC(=O)c2ccccc2)COC1(COC(=O)c1ccccc1)n1ccc(NC(=O)c2ccccc2)nc1=O. The Morgan fingerprint density at radius 3 is 1.78 bits per heavy atom. The maximum atomic E-state index is 13.9. The lowest BCUT2D eigenvalue weighted by atomic mass is 9.88. The number of hydrogen-bond donors (Lipinski definition) is 1. The van der Waals surface area contributed by atoms with Crippen molar-refractivity contribution < 1.29 is 38.1 Å². The van der Waals surface area contributed by atoms with Crippen molar-refractivity contribution >= 4 is 29.6 Å². The number of carbonyl (C=O) groups is 4. The summed E-state index contributed by atoms with van der Waals surface area (Å²) in [6.07, 6.45) is -0.0508. The first-order valence-electron chi connectivity index (χ1n) is 15.6. The zero-order valence-corrected chi connectivity index (χ0v) is 26.8. The van der Waals surface area contributed by atoms with Crippen LogP contribution in [-0.2, 0) is 24.7 Å².